The van der Waals surface area contributed by atoms with Crippen molar-refractivity contribution in [3.05, 3.63) is 46.3 Å². The molecule has 1 aromatic carbocycles. The lowest BCUT2D eigenvalue weighted by Crippen LogP contribution is -2.04. The molecule has 0 aliphatic rings. The molecule has 0 aliphatic heterocycles. The summed E-state index contributed by atoms with van der Waals surface area (Å²) in [6, 6.07) is 4.12. The first-order valence-corrected chi connectivity index (χ1v) is 6.97. The first-order chi connectivity index (χ1) is 9.54. The van der Waals surface area contributed by atoms with Crippen molar-refractivity contribution in [1.82, 2.24) is 14.4 Å². The Morgan fingerprint density at radius 3 is 2.65 bits per heavy atom. The minimum atomic E-state index is 0.449. The SMILES string of the molecule is Cc1cc(Br)cc(C)c1Nc1nc(N)cn2ccnc12. The number of hydrogen-bond donors (Lipinski definition) is 2. The van der Waals surface area contributed by atoms with Crippen LogP contribution in [-0.2, 0) is 0 Å². The Hall–Kier alpha value is -2.08. The predicted molar refractivity (Wildman–Crippen MR) is 84.3 cm³/mol. The van der Waals surface area contributed by atoms with Crippen molar-refractivity contribution in [1.29, 1.82) is 0 Å². The number of hydrogen-bond acceptors (Lipinski definition) is 4. The number of aryl methyl sites for hydroxylation is 2. The number of nitrogens with zero attached hydrogens (tertiary/aromatic N) is 3. The Morgan fingerprint density at radius 2 is 1.95 bits per heavy atom. The number of nitrogens with two attached hydrogens (primary N) is 1. The van der Waals surface area contributed by atoms with Gasteiger partial charge in [-0.15, -0.1) is 0 Å². The second kappa shape index (κ2) is 4.79. The van der Waals surface area contributed by atoms with Crippen LogP contribution < -0.4 is 11.1 Å². The lowest BCUT2D eigenvalue weighted by molar-refractivity contribution is 1.13. The normalized spacial score (nSPS) is 10.9. The summed E-state index contributed by atoms with van der Waals surface area (Å²) in [6.45, 7) is 4.10. The Labute approximate surface area is 125 Å². The highest BCUT2D eigenvalue weighted by atomic mass is 79.9. The number of imidazole rings is 1. The van der Waals surface area contributed by atoms with Gasteiger partial charge in [-0.3, -0.25) is 0 Å². The van der Waals surface area contributed by atoms with E-state index in [9.17, 15) is 0 Å². The van der Waals surface area contributed by atoms with Crippen molar-refractivity contribution in [3.63, 3.8) is 0 Å². The molecule has 0 aliphatic carbocycles. The van der Waals surface area contributed by atoms with Crippen LogP contribution >= 0.6 is 15.9 Å². The number of nitrogens with one attached hydrogen (secondary N) is 1. The van der Waals surface area contributed by atoms with Gasteiger partial charge >= 0.3 is 0 Å². The van der Waals surface area contributed by atoms with Crippen LogP contribution in [0, 0.1) is 13.8 Å². The first kappa shape index (κ1) is 12.9. The van der Waals surface area contributed by atoms with Crippen molar-refractivity contribution >= 4 is 38.9 Å². The summed E-state index contributed by atoms with van der Waals surface area (Å²) < 4.78 is 2.92. The molecule has 0 saturated heterocycles. The lowest BCUT2D eigenvalue weighted by Gasteiger charge is -2.13. The molecule has 6 heteroatoms. The van der Waals surface area contributed by atoms with E-state index in [-0.39, 0.29) is 0 Å². The maximum Gasteiger partial charge on any atom is 0.180 e. The Morgan fingerprint density at radius 1 is 1.25 bits per heavy atom. The number of anilines is 3. The van der Waals surface area contributed by atoms with E-state index < -0.39 is 0 Å². The van der Waals surface area contributed by atoms with Gasteiger partial charge in [-0.25, -0.2) is 9.97 Å². The van der Waals surface area contributed by atoms with Crippen LogP contribution in [0.1, 0.15) is 11.1 Å². The molecule has 0 radical (unpaired) electrons. The third kappa shape index (κ3) is 2.22. The second-order valence-electron chi connectivity index (χ2n) is 4.71. The highest BCUT2D eigenvalue weighted by molar-refractivity contribution is 9.10. The molecule has 102 valence electrons. The third-order valence-electron chi connectivity index (χ3n) is 3.13. The van der Waals surface area contributed by atoms with Crippen LogP contribution in [0.25, 0.3) is 5.65 Å². The second-order valence-corrected chi connectivity index (χ2v) is 5.63. The van der Waals surface area contributed by atoms with Crippen molar-refractivity contribution in [3.8, 4) is 0 Å². The van der Waals surface area contributed by atoms with Crippen molar-refractivity contribution < 1.29 is 0 Å². The van der Waals surface area contributed by atoms with Gasteiger partial charge < -0.3 is 15.5 Å². The average molecular weight is 332 g/mol. The topological polar surface area (TPSA) is 68.2 Å². The molecule has 0 spiro atoms. The summed E-state index contributed by atoms with van der Waals surface area (Å²) in [6.07, 6.45) is 5.32. The van der Waals surface area contributed by atoms with Gasteiger partial charge in [0.15, 0.2) is 11.5 Å². The highest BCUT2D eigenvalue weighted by Crippen LogP contribution is 2.29. The van der Waals surface area contributed by atoms with Gasteiger partial charge in [-0.2, -0.15) is 0 Å². The fourth-order valence-corrected chi connectivity index (χ4v) is 2.95. The van der Waals surface area contributed by atoms with Gasteiger partial charge in [0.2, 0.25) is 0 Å². The highest BCUT2D eigenvalue weighted by Gasteiger charge is 2.10. The van der Waals surface area contributed by atoms with E-state index >= 15 is 0 Å². The quantitative estimate of drug-likeness (QED) is 0.754. The maximum atomic E-state index is 5.83. The van der Waals surface area contributed by atoms with E-state index in [4.69, 9.17) is 5.73 Å². The summed E-state index contributed by atoms with van der Waals surface area (Å²) in [5, 5.41) is 3.34. The number of rotatable bonds is 2. The Kier molecular flexibility index (Phi) is 3.10. The van der Waals surface area contributed by atoms with E-state index in [0.717, 1.165) is 26.9 Å². The zero-order valence-electron chi connectivity index (χ0n) is 11.2. The summed E-state index contributed by atoms with van der Waals surface area (Å²) in [5.74, 6) is 1.11. The summed E-state index contributed by atoms with van der Waals surface area (Å²) >= 11 is 3.50. The van der Waals surface area contributed by atoms with Crippen LogP contribution in [0.15, 0.2) is 35.2 Å². The van der Waals surface area contributed by atoms with Gasteiger partial charge in [0.05, 0.1) is 6.20 Å². The molecule has 0 amide bonds. The monoisotopic (exact) mass is 331 g/mol. The molecule has 0 saturated carbocycles. The largest absolute Gasteiger partial charge is 0.382 e. The van der Waals surface area contributed by atoms with Crippen LogP contribution in [0.4, 0.5) is 17.3 Å². The van der Waals surface area contributed by atoms with E-state index in [1.165, 1.54) is 0 Å². The number of benzene rings is 1. The zero-order chi connectivity index (χ0) is 14.3. The third-order valence-corrected chi connectivity index (χ3v) is 3.59. The maximum absolute atomic E-state index is 5.83. The first-order valence-electron chi connectivity index (χ1n) is 6.17. The molecule has 0 fully saturated rings. The summed E-state index contributed by atoms with van der Waals surface area (Å²) in [7, 11) is 0. The number of aromatic nitrogens is 3. The predicted octanol–water partition coefficient (Wildman–Crippen LogP) is 3.43. The van der Waals surface area contributed by atoms with Gasteiger partial charge in [-0.1, -0.05) is 15.9 Å². The Bertz CT molecular complexity index is 770. The molecule has 5 nitrogen and oxygen atoms in total. The molecule has 20 heavy (non-hydrogen) atoms. The standard InChI is InChI=1S/C14H14BrN5/c1-8-5-10(15)6-9(2)12(8)19-13-14-17-3-4-20(14)7-11(16)18-13/h3-7H,16H2,1-2H3,(H,18,19). The fourth-order valence-electron chi connectivity index (χ4n) is 2.26. The van der Waals surface area contributed by atoms with Crippen LogP contribution in [0.3, 0.4) is 0 Å². The molecule has 3 N–H and O–H groups in total. The van der Waals surface area contributed by atoms with E-state index in [1.807, 2.05) is 10.6 Å². The van der Waals surface area contributed by atoms with Crippen LogP contribution in [-0.4, -0.2) is 14.4 Å². The van der Waals surface area contributed by atoms with E-state index in [0.29, 0.717) is 11.6 Å². The molecule has 3 aromatic rings. The number of fused-ring (bicyclic) bond motifs is 1. The smallest absolute Gasteiger partial charge is 0.180 e. The minimum absolute atomic E-state index is 0.449. The fraction of sp³-hybridized carbons (Fsp3) is 0.143. The molecular formula is C14H14BrN5. The van der Waals surface area contributed by atoms with Gasteiger partial charge in [0.25, 0.3) is 0 Å². The molecule has 3 rings (SSSR count). The number of nitrogen functional groups attached to an aromatic ring is 1. The minimum Gasteiger partial charge on any atom is -0.382 e. The van der Waals surface area contributed by atoms with E-state index in [1.54, 1.807) is 12.4 Å². The molecular weight excluding hydrogens is 318 g/mol. The van der Waals surface area contributed by atoms with Crippen molar-refractivity contribution in [2.24, 2.45) is 0 Å². The molecule has 2 aromatic heterocycles. The zero-order valence-corrected chi connectivity index (χ0v) is 12.8. The Balaban J connectivity index is 2.12. The summed E-state index contributed by atoms with van der Waals surface area (Å²) in [4.78, 5) is 8.65. The van der Waals surface area contributed by atoms with E-state index in [2.05, 4.69) is 57.2 Å². The summed E-state index contributed by atoms with van der Waals surface area (Å²) in [5.41, 5.74) is 9.87. The number of halogens is 1. The van der Waals surface area contributed by atoms with Crippen molar-refractivity contribution in [2.45, 2.75) is 13.8 Å². The van der Waals surface area contributed by atoms with Gasteiger partial charge in [0, 0.05) is 22.6 Å². The van der Waals surface area contributed by atoms with Crippen molar-refractivity contribution in [2.75, 3.05) is 11.1 Å². The van der Waals surface area contributed by atoms with Gasteiger partial charge in [-0.05, 0) is 37.1 Å². The lowest BCUT2D eigenvalue weighted by atomic mass is 10.1. The molecule has 2 heterocycles. The van der Waals surface area contributed by atoms with Crippen LogP contribution in [0.2, 0.25) is 0 Å². The molecule has 0 atom stereocenters. The average Bonchev–Trinajstić information content (AvgIpc) is 2.81. The molecule has 0 unspecified atom stereocenters. The van der Waals surface area contributed by atoms with Crippen LogP contribution in [0.5, 0.6) is 0 Å². The van der Waals surface area contributed by atoms with Gasteiger partial charge in [0.1, 0.15) is 5.82 Å². The molecule has 0 bridgehead atoms.